The first kappa shape index (κ1) is 9.03. The first-order valence-corrected chi connectivity index (χ1v) is 5.45. The Morgan fingerprint density at radius 2 is 1.69 bits per heavy atom. The van der Waals surface area contributed by atoms with Crippen LogP contribution in [-0.2, 0) is 0 Å². The van der Waals surface area contributed by atoms with Gasteiger partial charge in [0, 0.05) is 11.8 Å². The molecule has 0 amide bonds. The average Bonchev–Trinajstić information content (AvgIpc) is 2.49. The van der Waals surface area contributed by atoms with Gasteiger partial charge in [-0.2, -0.15) is 0 Å². The number of aromatic amines is 1. The number of rotatable bonds is 1. The molecule has 66 valence electrons. The molecule has 1 N–H and O–H groups in total. The highest BCUT2D eigenvalue weighted by atomic mass is 79.9. The van der Waals surface area contributed by atoms with Crippen molar-refractivity contribution in [2.75, 3.05) is 0 Å². The molecule has 3 heteroatoms. The van der Waals surface area contributed by atoms with E-state index >= 15 is 0 Å². The Bertz CT molecular complexity index is 406. The van der Waals surface area contributed by atoms with Gasteiger partial charge in [-0.25, -0.2) is 0 Å². The maximum Gasteiger partial charge on any atom is 0.0970 e. The molecule has 0 radical (unpaired) electrons. The summed E-state index contributed by atoms with van der Waals surface area (Å²) in [7, 11) is 0. The van der Waals surface area contributed by atoms with Crippen LogP contribution in [0.3, 0.4) is 0 Å². The van der Waals surface area contributed by atoms with Gasteiger partial charge in [-0.05, 0) is 37.4 Å². The standard InChI is InChI=1S/C10H7Br2N/c11-9-8(6-13-10(9)12)7-4-2-1-3-5-7/h1-6,13H. The molecule has 0 aliphatic heterocycles. The molecule has 0 aliphatic rings. The molecular weight excluding hydrogens is 294 g/mol. The molecule has 0 unspecified atom stereocenters. The lowest BCUT2D eigenvalue weighted by Crippen LogP contribution is -1.72. The first-order valence-electron chi connectivity index (χ1n) is 3.87. The van der Waals surface area contributed by atoms with Crippen LogP contribution in [0.4, 0.5) is 0 Å². The minimum Gasteiger partial charge on any atom is -0.354 e. The van der Waals surface area contributed by atoms with Crippen LogP contribution in [0.2, 0.25) is 0 Å². The summed E-state index contributed by atoms with van der Waals surface area (Å²) in [6.45, 7) is 0. The Morgan fingerprint density at radius 3 is 2.23 bits per heavy atom. The van der Waals surface area contributed by atoms with E-state index in [1.54, 1.807) is 0 Å². The summed E-state index contributed by atoms with van der Waals surface area (Å²) < 4.78 is 2.05. The van der Waals surface area contributed by atoms with Gasteiger partial charge in [0.05, 0.1) is 9.08 Å². The largest absolute Gasteiger partial charge is 0.354 e. The predicted octanol–water partition coefficient (Wildman–Crippen LogP) is 4.21. The van der Waals surface area contributed by atoms with Crippen LogP contribution in [-0.4, -0.2) is 4.98 Å². The summed E-state index contributed by atoms with van der Waals surface area (Å²) in [5, 5.41) is 0. The summed E-state index contributed by atoms with van der Waals surface area (Å²) in [6.07, 6.45) is 1.98. The normalized spacial score (nSPS) is 10.3. The summed E-state index contributed by atoms with van der Waals surface area (Å²) in [4.78, 5) is 3.11. The van der Waals surface area contributed by atoms with Crippen LogP contribution >= 0.6 is 31.9 Å². The van der Waals surface area contributed by atoms with Gasteiger partial charge in [-0.3, -0.25) is 0 Å². The number of hydrogen-bond acceptors (Lipinski definition) is 0. The number of nitrogens with one attached hydrogen (secondary N) is 1. The molecule has 1 nitrogen and oxygen atoms in total. The zero-order valence-corrected chi connectivity index (χ0v) is 9.89. The molecule has 0 atom stereocenters. The first-order chi connectivity index (χ1) is 6.29. The lowest BCUT2D eigenvalue weighted by molar-refractivity contribution is 1.35. The van der Waals surface area contributed by atoms with Gasteiger partial charge in [0.2, 0.25) is 0 Å². The molecule has 1 aromatic carbocycles. The Kier molecular flexibility index (Phi) is 2.56. The number of halogens is 2. The number of H-pyrrole nitrogens is 1. The van der Waals surface area contributed by atoms with Crippen molar-refractivity contribution in [3.8, 4) is 11.1 Å². The number of hydrogen-bond donors (Lipinski definition) is 1. The van der Waals surface area contributed by atoms with Crippen LogP contribution in [0.25, 0.3) is 11.1 Å². The van der Waals surface area contributed by atoms with E-state index in [-0.39, 0.29) is 0 Å². The van der Waals surface area contributed by atoms with Crippen molar-refractivity contribution in [1.29, 1.82) is 0 Å². The predicted molar refractivity (Wildman–Crippen MR) is 61.6 cm³/mol. The fraction of sp³-hybridized carbons (Fsp3) is 0. The van der Waals surface area contributed by atoms with Crippen molar-refractivity contribution in [1.82, 2.24) is 4.98 Å². The van der Waals surface area contributed by atoms with Gasteiger partial charge in [0.1, 0.15) is 0 Å². The minimum atomic E-state index is 0.978. The summed E-state index contributed by atoms with van der Waals surface area (Å²) in [5.74, 6) is 0. The van der Waals surface area contributed by atoms with Crippen molar-refractivity contribution in [3.63, 3.8) is 0 Å². The molecule has 1 aromatic heterocycles. The Morgan fingerprint density at radius 1 is 1.00 bits per heavy atom. The van der Waals surface area contributed by atoms with E-state index in [2.05, 4.69) is 49.0 Å². The smallest absolute Gasteiger partial charge is 0.0970 e. The van der Waals surface area contributed by atoms with Gasteiger partial charge < -0.3 is 4.98 Å². The molecular formula is C10H7Br2N. The molecule has 0 bridgehead atoms. The van der Waals surface area contributed by atoms with E-state index in [0.717, 1.165) is 9.08 Å². The van der Waals surface area contributed by atoms with Crippen LogP contribution < -0.4 is 0 Å². The van der Waals surface area contributed by atoms with Crippen molar-refractivity contribution >= 4 is 31.9 Å². The second kappa shape index (κ2) is 3.68. The highest BCUT2D eigenvalue weighted by Gasteiger charge is 2.06. The summed E-state index contributed by atoms with van der Waals surface area (Å²) >= 11 is 6.92. The van der Waals surface area contributed by atoms with Crippen molar-refractivity contribution in [2.24, 2.45) is 0 Å². The molecule has 0 fully saturated rings. The Labute approximate surface area is 93.4 Å². The SMILES string of the molecule is Brc1[nH]cc(-c2ccccc2)c1Br. The third-order valence-corrected chi connectivity index (χ3v) is 3.84. The van der Waals surface area contributed by atoms with Gasteiger partial charge in [-0.1, -0.05) is 30.3 Å². The van der Waals surface area contributed by atoms with Gasteiger partial charge >= 0.3 is 0 Å². The lowest BCUT2D eigenvalue weighted by atomic mass is 10.1. The summed E-state index contributed by atoms with van der Waals surface area (Å²) in [6, 6.07) is 10.2. The van der Waals surface area contributed by atoms with Crippen molar-refractivity contribution < 1.29 is 0 Å². The van der Waals surface area contributed by atoms with Gasteiger partial charge in [0.15, 0.2) is 0 Å². The topological polar surface area (TPSA) is 15.8 Å². The highest BCUT2D eigenvalue weighted by Crippen LogP contribution is 2.33. The quantitative estimate of drug-likeness (QED) is 0.812. The summed E-state index contributed by atoms with van der Waals surface area (Å²) in [5.41, 5.74) is 2.38. The minimum absolute atomic E-state index is 0.978. The van der Waals surface area contributed by atoms with E-state index in [0.29, 0.717) is 0 Å². The number of benzene rings is 1. The van der Waals surface area contributed by atoms with Crippen LogP contribution in [0.1, 0.15) is 0 Å². The maximum atomic E-state index is 3.51. The number of aromatic nitrogens is 1. The zero-order chi connectivity index (χ0) is 9.26. The molecule has 0 aliphatic carbocycles. The van der Waals surface area contributed by atoms with Crippen molar-refractivity contribution in [3.05, 3.63) is 45.6 Å². The second-order valence-corrected chi connectivity index (χ2v) is 4.28. The molecule has 0 saturated carbocycles. The fourth-order valence-corrected chi connectivity index (χ4v) is 1.99. The van der Waals surface area contributed by atoms with E-state index in [1.165, 1.54) is 11.1 Å². The molecule has 2 rings (SSSR count). The average molecular weight is 301 g/mol. The van der Waals surface area contributed by atoms with E-state index in [1.807, 2.05) is 24.4 Å². The fourth-order valence-electron chi connectivity index (χ4n) is 1.21. The molecule has 0 spiro atoms. The van der Waals surface area contributed by atoms with Crippen LogP contribution in [0, 0.1) is 0 Å². The highest BCUT2D eigenvalue weighted by molar-refractivity contribution is 9.13. The Balaban J connectivity index is 2.53. The van der Waals surface area contributed by atoms with Gasteiger partial charge in [0.25, 0.3) is 0 Å². The van der Waals surface area contributed by atoms with Crippen LogP contribution in [0.15, 0.2) is 45.6 Å². The lowest BCUT2D eigenvalue weighted by Gasteiger charge is -1.97. The van der Waals surface area contributed by atoms with Crippen LogP contribution in [0.5, 0.6) is 0 Å². The maximum absolute atomic E-state index is 3.51. The second-order valence-electron chi connectivity index (χ2n) is 2.70. The van der Waals surface area contributed by atoms with E-state index in [9.17, 15) is 0 Å². The Hall–Kier alpha value is -0.540. The van der Waals surface area contributed by atoms with Gasteiger partial charge in [-0.15, -0.1) is 0 Å². The third-order valence-electron chi connectivity index (χ3n) is 1.86. The third kappa shape index (κ3) is 1.71. The van der Waals surface area contributed by atoms with E-state index in [4.69, 9.17) is 0 Å². The molecule has 2 aromatic rings. The van der Waals surface area contributed by atoms with Crippen molar-refractivity contribution in [2.45, 2.75) is 0 Å². The monoisotopic (exact) mass is 299 g/mol. The molecule has 1 heterocycles. The molecule has 13 heavy (non-hydrogen) atoms. The van der Waals surface area contributed by atoms with E-state index < -0.39 is 0 Å². The zero-order valence-electron chi connectivity index (χ0n) is 6.72. The molecule has 0 saturated heterocycles.